The summed E-state index contributed by atoms with van der Waals surface area (Å²) in [6.07, 6.45) is 5.18. The predicted octanol–water partition coefficient (Wildman–Crippen LogP) is 2.07. The van der Waals surface area contributed by atoms with Crippen LogP contribution in [0.2, 0.25) is 0 Å². The van der Waals surface area contributed by atoms with E-state index in [-0.39, 0.29) is 5.91 Å². The van der Waals surface area contributed by atoms with Crippen molar-refractivity contribution in [3.8, 4) is 0 Å². The van der Waals surface area contributed by atoms with Gasteiger partial charge in [0.15, 0.2) is 0 Å². The molecule has 2 N–H and O–H groups in total. The first-order chi connectivity index (χ1) is 7.47. The van der Waals surface area contributed by atoms with E-state index in [4.69, 9.17) is 0 Å². The molecular weight excluding hydrogens is 200 g/mol. The van der Waals surface area contributed by atoms with E-state index in [2.05, 4.69) is 17.6 Å². The molecule has 1 atom stereocenters. The third-order valence-electron chi connectivity index (χ3n) is 3.65. The molecule has 0 spiro atoms. The first-order valence-corrected chi connectivity index (χ1v) is 6.53. The van der Waals surface area contributed by atoms with Gasteiger partial charge in [0.05, 0.1) is 5.54 Å². The molecule has 1 aliphatic rings. The Morgan fingerprint density at radius 2 is 1.94 bits per heavy atom. The predicted molar refractivity (Wildman–Crippen MR) is 67.3 cm³/mol. The summed E-state index contributed by atoms with van der Waals surface area (Å²) in [5.74, 6) is 0.801. The molecule has 16 heavy (non-hydrogen) atoms. The van der Waals surface area contributed by atoms with E-state index >= 15 is 0 Å². The van der Waals surface area contributed by atoms with Crippen molar-refractivity contribution in [3.63, 3.8) is 0 Å². The maximum absolute atomic E-state index is 12.0. The molecule has 0 heterocycles. The molecule has 3 heteroatoms. The van der Waals surface area contributed by atoms with Gasteiger partial charge in [0.2, 0.25) is 5.91 Å². The number of likely N-dealkylation sites (N-methyl/N-ethyl adjacent to an activating group) is 1. The summed E-state index contributed by atoms with van der Waals surface area (Å²) < 4.78 is 0. The van der Waals surface area contributed by atoms with Crippen molar-refractivity contribution < 1.29 is 4.79 Å². The van der Waals surface area contributed by atoms with Crippen molar-refractivity contribution in [2.24, 2.45) is 5.92 Å². The second-order valence-electron chi connectivity index (χ2n) is 5.46. The van der Waals surface area contributed by atoms with Crippen molar-refractivity contribution in [3.05, 3.63) is 0 Å². The van der Waals surface area contributed by atoms with Gasteiger partial charge < -0.3 is 10.6 Å². The molecule has 1 rings (SSSR count). The standard InChI is InChI=1S/C13H26N2O/c1-5-14-13(3,4)12(16)15-10(2)11-8-6-7-9-11/h10-11,14H,5-9H2,1-4H3,(H,15,16)/t10-/m0/s1. The van der Waals surface area contributed by atoms with Crippen LogP contribution < -0.4 is 10.6 Å². The lowest BCUT2D eigenvalue weighted by atomic mass is 9.97. The summed E-state index contributed by atoms with van der Waals surface area (Å²) in [6, 6.07) is 0.313. The molecule has 0 aromatic carbocycles. The highest BCUT2D eigenvalue weighted by Gasteiger charge is 2.30. The highest BCUT2D eigenvalue weighted by atomic mass is 16.2. The fourth-order valence-electron chi connectivity index (χ4n) is 2.48. The van der Waals surface area contributed by atoms with Crippen LogP contribution in [-0.4, -0.2) is 24.0 Å². The molecule has 0 unspecified atom stereocenters. The Morgan fingerprint density at radius 1 is 1.38 bits per heavy atom. The van der Waals surface area contributed by atoms with Crippen LogP contribution in [0.25, 0.3) is 0 Å². The summed E-state index contributed by atoms with van der Waals surface area (Å²) in [7, 11) is 0. The highest BCUT2D eigenvalue weighted by Crippen LogP contribution is 2.27. The minimum absolute atomic E-state index is 0.119. The van der Waals surface area contributed by atoms with Crippen molar-refractivity contribution in [2.45, 2.75) is 65.0 Å². The number of hydrogen-bond donors (Lipinski definition) is 2. The zero-order valence-electron chi connectivity index (χ0n) is 11.1. The molecule has 1 aliphatic carbocycles. The molecule has 0 aliphatic heterocycles. The van der Waals surface area contributed by atoms with Gasteiger partial charge in [0.25, 0.3) is 0 Å². The third-order valence-corrected chi connectivity index (χ3v) is 3.65. The highest BCUT2D eigenvalue weighted by molar-refractivity contribution is 5.85. The normalized spacial score (nSPS) is 19.8. The number of carbonyl (C=O) groups excluding carboxylic acids is 1. The van der Waals surface area contributed by atoms with Gasteiger partial charge in [0, 0.05) is 6.04 Å². The van der Waals surface area contributed by atoms with E-state index in [0.717, 1.165) is 6.54 Å². The average Bonchev–Trinajstić information content (AvgIpc) is 2.70. The van der Waals surface area contributed by atoms with Gasteiger partial charge >= 0.3 is 0 Å². The smallest absolute Gasteiger partial charge is 0.239 e. The number of amides is 1. The Morgan fingerprint density at radius 3 is 2.44 bits per heavy atom. The Labute approximate surface area is 99.4 Å². The molecule has 3 nitrogen and oxygen atoms in total. The van der Waals surface area contributed by atoms with Crippen LogP contribution in [0, 0.1) is 5.92 Å². The second kappa shape index (κ2) is 5.67. The minimum atomic E-state index is -0.457. The number of nitrogens with one attached hydrogen (secondary N) is 2. The van der Waals surface area contributed by atoms with Gasteiger partial charge in [-0.1, -0.05) is 19.8 Å². The SMILES string of the molecule is CCNC(C)(C)C(=O)N[C@@H](C)C1CCCC1. The Balaban J connectivity index is 2.43. The van der Waals surface area contributed by atoms with Gasteiger partial charge in [-0.25, -0.2) is 0 Å². The van der Waals surface area contributed by atoms with Crippen LogP contribution >= 0.6 is 0 Å². The van der Waals surface area contributed by atoms with E-state index < -0.39 is 5.54 Å². The van der Waals surface area contributed by atoms with Crippen molar-refractivity contribution in [2.75, 3.05) is 6.54 Å². The molecule has 0 aromatic heterocycles. The zero-order valence-corrected chi connectivity index (χ0v) is 11.1. The summed E-state index contributed by atoms with van der Waals surface area (Å²) >= 11 is 0. The molecule has 1 saturated carbocycles. The van der Waals surface area contributed by atoms with Crippen LogP contribution in [0.1, 0.15) is 53.4 Å². The largest absolute Gasteiger partial charge is 0.352 e. The van der Waals surface area contributed by atoms with E-state index in [1.165, 1.54) is 25.7 Å². The third kappa shape index (κ3) is 3.48. The van der Waals surface area contributed by atoms with E-state index in [0.29, 0.717) is 12.0 Å². The fraction of sp³-hybridized carbons (Fsp3) is 0.923. The van der Waals surface area contributed by atoms with E-state index in [9.17, 15) is 4.79 Å². The lowest BCUT2D eigenvalue weighted by Crippen LogP contribution is -2.55. The summed E-state index contributed by atoms with van der Waals surface area (Å²) in [5, 5.41) is 6.35. The topological polar surface area (TPSA) is 41.1 Å². The molecule has 0 saturated heterocycles. The lowest BCUT2D eigenvalue weighted by molar-refractivity contribution is -0.127. The van der Waals surface area contributed by atoms with Crippen molar-refractivity contribution in [1.29, 1.82) is 0 Å². The first-order valence-electron chi connectivity index (χ1n) is 6.53. The van der Waals surface area contributed by atoms with Crippen LogP contribution in [0.5, 0.6) is 0 Å². The van der Waals surface area contributed by atoms with Crippen molar-refractivity contribution in [1.82, 2.24) is 10.6 Å². The van der Waals surface area contributed by atoms with Crippen molar-refractivity contribution >= 4 is 5.91 Å². The second-order valence-corrected chi connectivity index (χ2v) is 5.46. The molecule has 0 aromatic rings. The number of rotatable bonds is 5. The van der Waals surface area contributed by atoms with Gasteiger partial charge in [-0.3, -0.25) is 4.79 Å². The Hall–Kier alpha value is -0.570. The molecular formula is C13H26N2O. The van der Waals surface area contributed by atoms with Gasteiger partial charge in [0.1, 0.15) is 0 Å². The van der Waals surface area contributed by atoms with Gasteiger partial charge in [-0.05, 0) is 46.1 Å². The van der Waals surface area contributed by atoms with Gasteiger partial charge in [-0.2, -0.15) is 0 Å². The maximum atomic E-state index is 12.0. The summed E-state index contributed by atoms with van der Waals surface area (Å²) in [6.45, 7) is 8.85. The lowest BCUT2D eigenvalue weighted by Gasteiger charge is -2.28. The average molecular weight is 226 g/mol. The molecule has 0 radical (unpaired) electrons. The summed E-state index contributed by atoms with van der Waals surface area (Å²) in [4.78, 5) is 12.0. The molecule has 1 amide bonds. The van der Waals surface area contributed by atoms with E-state index in [1.54, 1.807) is 0 Å². The quantitative estimate of drug-likeness (QED) is 0.753. The zero-order chi connectivity index (χ0) is 12.2. The Kier molecular flexibility index (Phi) is 4.78. The molecule has 0 bridgehead atoms. The number of carbonyl (C=O) groups is 1. The Bertz CT molecular complexity index is 232. The van der Waals surface area contributed by atoms with E-state index in [1.807, 2.05) is 20.8 Å². The monoisotopic (exact) mass is 226 g/mol. The van der Waals surface area contributed by atoms with Crippen LogP contribution in [0.15, 0.2) is 0 Å². The van der Waals surface area contributed by atoms with Crippen LogP contribution in [0.4, 0.5) is 0 Å². The fourth-order valence-corrected chi connectivity index (χ4v) is 2.48. The minimum Gasteiger partial charge on any atom is -0.352 e. The van der Waals surface area contributed by atoms with Crippen LogP contribution in [0.3, 0.4) is 0 Å². The maximum Gasteiger partial charge on any atom is 0.239 e. The molecule has 1 fully saturated rings. The van der Waals surface area contributed by atoms with Crippen LogP contribution in [-0.2, 0) is 4.79 Å². The first kappa shape index (κ1) is 13.5. The summed E-state index contributed by atoms with van der Waals surface area (Å²) in [5.41, 5.74) is -0.457. The molecule has 94 valence electrons. The number of hydrogen-bond acceptors (Lipinski definition) is 2. The van der Waals surface area contributed by atoms with Gasteiger partial charge in [-0.15, -0.1) is 0 Å².